The van der Waals surface area contributed by atoms with Gasteiger partial charge in [0.2, 0.25) is 11.8 Å². The Morgan fingerprint density at radius 1 is 1.03 bits per heavy atom. The first-order chi connectivity index (χ1) is 15.9. The molecule has 7 heteroatoms. The maximum Gasteiger partial charge on any atom is 0.242 e. The van der Waals surface area contributed by atoms with E-state index in [1.54, 1.807) is 28.8 Å². The van der Waals surface area contributed by atoms with Crippen molar-refractivity contribution in [2.45, 2.75) is 69.8 Å². The Labute approximate surface area is 211 Å². The average Bonchev–Trinajstić information content (AvgIpc) is 2.83. The minimum Gasteiger partial charge on any atom is -0.352 e. The van der Waals surface area contributed by atoms with Gasteiger partial charge >= 0.3 is 0 Å². The number of rotatable bonds is 10. The Bertz CT molecular complexity index is 920. The van der Waals surface area contributed by atoms with E-state index in [2.05, 4.69) is 17.4 Å². The van der Waals surface area contributed by atoms with Gasteiger partial charge in [-0.1, -0.05) is 78.9 Å². The minimum atomic E-state index is -0.562. The van der Waals surface area contributed by atoms with Gasteiger partial charge in [0.1, 0.15) is 6.04 Å². The van der Waals surface area contributed by atoms with Gasteiger partial charge in [-0.2, -0.15) is 11.8 Å². The highest BCUT2D eigenvalue weighted by Crippen LogP contribution is 2.24. The van der Waals surface area contributed by atoms with E-state index in [1.807, 2.05) is 31.2 Å². The lowest BCUT2D eigenvalue weighted by Gasteiger charge is -2.31. The predicted molar refractivity (Wildman–Crippen MR) is 139 cm³/mol. The summed E-state index contributed by atoms with van der Waals surface area (Å²) in [6.07, 6.45) is 5.91. The zero-order valence-corrected chi connectivity index (χ0v) is 21.4. The van der Waals surface area contributed by atoms with Crippen molar-refractivity contribution < 1.29 is 9.59 Å². The number of nitrogens with one attached hydrogen (secondary N) is 1. The third-order valence-electron chi connectivity index (χ3n) is 6.03. The lowest BCUT2D eigenvalue weighted by molar-refractivity contribution is -0.140. The first-order valence-electron chi connectivity index (χ1n) is 11.6. The second kappa shape index (κ2) is 13.3. The molecular weight excluding hydrogens is 475 g/mol. The summed E-state index contributed by atoms with van der Waals surface area (Å²) >= 11 is 14.0. The standard InChI is InChI=1S/C26H32Cl2N2O2S/c1-19(26(32)29-22-10-6-3-7-11-22)30(17-21-12-13-23(27)24(28)16-21)25(31)14-15-33-18-20-8-4-2-5-9-20/h2,4-5,8-9,12-13,16,19,22H,3,6-7,10-11,14-15,17-18H2,1H3,(H,29,32)/t19-/m0/s1. The first kappa shape index (κ1) is 25.9. The predicted octanol–water partition coefficient (Wildman–Crippen LogP) is 6.48. The van der Waals surface area contributed by atoms with Gasteiger partial charge in [0, 0.05) is 30.5 Å². The highest BCUT2D eigenvalue weighted by Gasteiger charge is 2.28. The summed E-state index contributed by atoms with van der Waals surface area (Å²) < 4.78 is 0. The van der Waals surface area contributed by atoms with E-state index in [9.17, 15) is 9.59 Å². The van der Waals surface area contributed by atoms with Crippen LogP contribution in [-0.2, 0) is 21.9 Å². The summed E-state index contributed by atoms with van der Waals surface area (Å²) in [5.74, 6) is 1.43. The molecule has 0 aliphatic heterocycles. The van der Waals surface area contributed by atoms with E-state index < -0.39 is 6.04 Å². The van der Waals surface area contributed by atoms with Crippen molar-refractivity contribution >= 4 is 46.8 Å². The molecule has 2 aromatic rings. The highest BCUT2D eigenvalue weighted by atomic mass is 35.5. The third-order valence-corrected chi connectivity index (χ3v) is 7.80. The van der Waals surface area contributed by atoms with Crippen LogP contribution in [0.15, 0.2) is 48.5 Å². The summed E-state index contributed by atoms with van der Waals surface area (Å²) in [5.41, 5.74) is 2.09. The third kappa shape index (κ3) is 8.24. The Kier molecular flexibility index (Phi) is 10.4. The first-order valence-corrected chi connectivity index (χ1v) is 13.5. The van der Waals surface area contributed by atoms with Crippen molar-refractivity contribution in [3.63, 3.8) is 0 Å². The molecule has 4 nitrogen and oxygen atoms in total. The molecule has 0 bridgehead atoms. The van der Waals surface area contributed by atoms with Crippen LogP contribution < -0.4 is 5.32 Å². The molecule has 1 saturated carbocycles. The molecule has 0 aromatic heterocycles. The molecule has 0 unspecified atom stereocenters. The largest absolute Gasteiger partial charge is 0.352 e. The van der Waals surface area contributed by atoms with E-state index in [0.717, 1.165) is 37.0 Å². The molecule has 0 radical (unpaired) electrons. The van der Waals surface area contributed by atoms with Crippen LogP contribution >= 0.6 is 35.0 Å². The second-order valence-electron chi connectivity index (χ2n) is 8.58. The summed E-state index contributed by atoms with van der Waals surface area (Å²) in [6.45, 7) is 2.13. The van der Waals surface area contributed by atoms with Crippen molar-refractivity contribution in [3.05, 3.63) is 69.7 Å². The second-order valence-corrected chi connectivity index (χ2v) is 10.5. The molecule has 1 aliphatic rings. The smallest absolute Gasteiger partial charge is 0.242 e. The summed E-state index contributed by atoms with van der Waals surface area (Å²) in [7, 11) is 0. The zero-order chi connectivity index (χ0) is 23.6. The molecule has 2 amide bonds. The van der Waals surface area contributed by atoms with Crippen molar-refractivity contribution in [1.29, 1.82) is 0 Å². The lowest BCUT2D eigenvalue weighted by atomic mass is 9.95. The topological polar surface area (TPSA) is 49.4 Å². The number of halogens is 2. The number of thioether (sulfide) groups is 1. The number of carbonyl (C=O) groups is 2. The Morgan fingerprint density at radius 3 is 2.45 bits per heavy atom. The highest BCUT2D eigenvalue weighted by molar-refractivity contribution is 7.98. The Hall–Kier alpha value is -1.69. The molecule has 1 fully saturated rings. The molecular formula is C26H32Cl2N2O2S. The lowest BCUT2D eigenvalue weighted by Crippen LogP contribution is -2.50. The molecule has 1 N–H and O–H groups in total. The fourth-order valence-electron chi connectivity index (χ4n) is 4.05. The van der Waals surface area contributed by atoms with Crippen LogP contribution in [0.3, 0.4) is 0 Å². The van der Waals surface area contributed by atoms with Gasteiger partial charge in [0.25, 0.3) is 0 Å². The van der Waals surface area contributed by atoms with Gasteiger partial charge in [-0.05, 0) is 43.0 Å². The molecule has 0 spiro atoms. The van der Waals surface area contributed by atoms with E-state index in [-0.39, 0.29) is 17.9 Å². The van der Waals surface area contributed by atoms with Crippen LogP contribution in [0, 0.1) is 0 Å². The van der Waals surface area contributed by atoms with Gasteiger partial charge in [-0.15, -0.1) is 0 Å². The Morgan fingerprint density at radius 2 is 1.76 bits per heavy atom. The van der Waals surface area contributed by atoms with E-state index in [0.29, 0.717) is 28.8 Å². The number of hydrogen-bond donors (Lipinski definition) is 1. The average molecular weight is 508 g/mol. The van der Waals surface area contributed by atoms with Gasteiger partial charge in [-0.25, -0.2) is 0 Å². The van der Waals surface area contributed by atoms with Crippen molar-refractivity contribution in [2.75, 3.05) is 5.75 Å². The minimum absolute atomic E-state index is 0.0343. The van der Waals surface area contributed by atoms with Crippen LogP contribution in [0.5, 0.6) is 0 Å². The van der Waals surface area contributed by atoms with Crippen LogP contribution in [-0.4, -0.2) is 34.6 Å². The maximum atomic E-state index is 13.2. The monoisotopic (exact) mass is 506 g/mol. The van der Waals surface area contributed by atoms with Crippen LogP contribution in [0.1, 0.15) is 56.6 Å². The molecule has 1 aliphatic carbocycles. The number of benzene rings is 2. The van der Waals surface area contributed by atoms with E-state index in [1.165, 1.54) is 12.0 Å². The van der Waals surface area contributed by atoms with Gasteiger partial charge in [-0.3, -0.25) is 9.59 Å². The zero-order valence-electron chi connectivity index (χ0n) is 19.1. The van der Waals surface area contributed by atoms with Crippen molar-refractivity contribution in [1.82, 2.24) is 10.2 Å². The molecule has 0 saturated heterocycles. The van der Waals surface area contributed by atoms with Crippen LogP contribution in [0.2, 0.25) is 10.0 Å². The normalized spacial score (nSPS) is 15.1. The molecule has 0 heterocycles. The fourth-order valence-corrected chi connectivity index (χ4v) is 5.27. The van der Waals surface area contributed by atoms with Gasteiger partial charge in [0.15, 0.2) is 0 Å². The molecule has 3 rings (SSSR count). The number of hydrogen-bond acceptors (Lipinski definition) is 3. The SMILES string of the molecule is C[C@@H](C(=O)NC1CCCCC1)N(Cc1ccc(Cl)c(Cl)c1)C(=O)CCSCc1ccccc1. The van der Waals surface area contributed by atoms with E-state index in [4.69, 9.17) is 23.2 Å². The van der Waals surface area contributed by atoms with Crippen LogP contribution in [0.25, 0.3) is 0 Å². The van der Waals surface area contributed by atoms with E-state index >= 15 is 0 Å². The van der Waals surface area contributed by atoms with Crippen molar-refractivity contribution in [3.8, 4) is 0 Å². The van der Waals surface area contributed by atoms with Crippen LogP contribution in [0.4, 0.5) is 0 Å². The summed E-state index contributed by atoms with van der Waals surface area (Å²) in [4.78, 5) is 27.9. The van der Waals surface area contributed by atoms with Gasteiger partial charge in [0.05, 0.1) is 10.0 Å². The Balaban J connectivity index is 1.63. The molecule has 1 atom stereocenters. The molecule has 33 heavy (non-hydrogen) atoms. The fraction of sp³-hybridized carbons (Fsp3) is 0.462. The quantitative estimate of drug-likeness (QED) is 0.375. The number of nitrogens with zero attached hydrogens (tertiary/aromatic N) is 1. The molecule has 178 valence electrons. The number of carbonyl (C=O) groups excluding carboxylic acids is 2. The summed E-state index contributed by atoms with van der Waals surface area (Å²) in [6, 6.07) is 15.2. The van der Waals surface area contributed by atoms with Gasteiger partial charge < -0.3 is 10.2 Å². The van der Waals surface area contributed by atoms with Crippen molar-refractivity contribution in [2.24, 2.45) is 0 Å². The summed E-state index contributed by atoms with van der Waals surface area (Å²) in [5, 5.41) is 4.08. The number of amides is 2. The maximum absolute atomic E-state index is 13.2. The molecule has 2 aromatic carbocycles.